The zero-order valence-corrected chi connectivity index (χ0v) is 14.1. The van der Waals surface area contributed by atoms with Gasteiger partial charge in [0.1, 0.15) is 0 Å². The highest BCUT2D eigenvalue weighted by Crippen LogP contribution is 2.28. The second-order valence-corrected chi connectivity index (χ2v) is 8.65. The molecule has 3 rings (SSSR count). The maximum atomic E-state index is 12.4. The molecule has 22 heavy (non-hydrogen) atoms. The van der Waals surface area contributed by atoms with Gasteiger partial charge in [0.2, 0.25) is 0 Å². The molecule has 0 bridgehead atoms. The molecule has 0 aromatic heterocycles. The minimum Gasteiger partial charge on any atom is -0.299 e. The van der Waals surface area contributed by atoms with Crippen molar-refractivity contribution in [3.8, 4) is 11.1 Å². The normalized spacial score (nSPS) is 21.5. The van der Waals surface area contributed by atoms with E-state index < -0.39 is 9.71 Å². The summed E-state index contributed by atoms with van der Waals surface area (Å²) >= 11 is 0. The summed E-state index contributed by atoms with van der Waals surface area (Å²) in [6.45, 7) is 5.26. The van der Waals surface area contributed by atoms with E-state index in [-0.39, 0.29) is 0 Å². The van der Waals surface area contributed by atoms with E-state index >= 15 is 0 Å². The molecular formula is C19H23NOS. The minimum atomic E-state index is -2.10. The number of anilines is 1. The SMILES string of the molecule is C=S1(=O)CCCN1c1ccc(-c2cccc(C(C)C)c2)cc1. The van der Waals surface area contributed by atoms with Crippen molar-refractivity contribution < 1.29 is 4.21 Å². The van der Waals surface area contributed by atoms with Crippen molar-refractivity contribution in [3.63, 3.8) is 0 Å². The third kappa shape index (κ3) is 2.91. The lowest BCUT2D eigenvalue weighted by Gasteiger charge is -2.21. The minimum absolute atomic E-state index is 0.527. The molecule has 2 aromatic rings. The van der Waals surface area contributed by atoms with Crippen molar-refractivity contribution in [3.05, 3.63) is 54.1 Å². The maximum absolute atomic E-state index is 12.4. The highest BCUT2D eigenvalue weighted by Gasteiger charge is 2.22. The van der Waals surface area contributed by atoms with Gasteiger partial charge < -0.3 is 0 Å². The summed E-state index contributed by atoms with van der Waals surface area (Å²) in [6.07, 6.45) is 0.959. The van der Waals surface area contributed by atoms with Crippen molar-refractivity contribution in [2.45, 2.75) is 26.2 Å². The van der Waals surface area contributed by atoms with E-state index in [4.69, 9.17) is 0 Å². The first-order valence-electron chi connectivity index (χ1n) is 7.80. The Morgan fingerprint density at radius 1 is 1.09 bits per heavy atom. The zero-order chi connectivity index (χ0) is 15.7. The molecule has 0 spiro atoms. The summed E-state index contributed by atoms with van der Waals surface area (Å²) in [6, 6.07) is 17.0. The average molecular weight is 313 g/mol. The Morgan fingerprint density at radius 3 is 2.41 bits per heavy atom. The molecule has 1 saturated heterocycles. The van der Waals surface area contributed by atoms with Crippen LogP contribution in [-0.4, -0.2) is 22.4 Å². The van der Waals surface area contributed by atoms with Crippen LogP contribution in [0.5, 0.6) is 0 Å². The molecule has 1 atom stereocenters. The fourth-order valence-electron chi connectivity index (χ4n) is 2.93. The van der Waals surface area contributed by atoms with Gasteiger partial charge in [-0.1, -0.05) is 50.2 Å². The summed E-state index contributed by atoms with van der Waals surface area (Å²) in [5, 5.41) is 0. The standard InChI is InChI=1S/C19H23NOS/c1-15(2)17-6-4-7-18(14-17)16-8-10-19(11-9-16)20-12-5-13-22(20,3)21/h4,6-11,14-15H,3,5,12-13H2,1-2H3. The zero-order valence-electron chi connectivity index (χ0n) is 13.3. The molecule has 2 nitrogen and oxygen atoms in total. The van der Waals surface area contributed by atoms with Gasteiger partial charge in [0.05, 0.1) is 0 Å². The van der Waals surface area contributed by atoms with Crippen molar-refractivity contribution in [2.75, 3.05) is 16.6 Å². The molecule has 1 fully saturated rings. The van der Waals surface area contributed by atoms with Gasteiger partial charge in [0.15, 0.2) is 0 Å². The molecule has 1 heterocycles. The molecule has 2 aromatic carbocycles. The van der Waals surface area contributed by atoms with Crippen LogP contribution < -0.4 is 4.31 Å². The highest BCUT2D eigenvalue weighted by molar-refractivity contribution is 8.01. The lowest BCUT2D eigenvalue weighted by atomic mass is 9.97. The average Bonchev–Trinajstić information content (AvgIpc) is 2.87. The van der Waals surface area contributed by atoms with Crippen LogP contribution in [0.4, 0.5) is 5.69 Å². The number of benzene rings is 2. The van der Waals surface area contributed by atoms with Crippen molar-refractivity contribution in [1.82, 2.24) is 0 Å². The maximum Gasteiger partial charge on any atom is 0.0487 e. The Bertz CT molecular complexity index is 760. The Hall–Kier alpha value is -1.74. The van der Waals surface area contributed by atoms with Crippen LogP contribution in [0.1, 0.15) is 31.7 Å². The Labute approximate surface area is 133 Å². The van der Waals surface area contributed by atoms with Crippen LogP contribution in [0.15, 0.2) is 48.5 Å². The first kappa shape index (κ1) is 15.2. The van der Waals surface area contributed by atoms with E-state index in [1.54, 1.807) is 0 Å². The topological polar surface area (TPSA) is 20.3 Å². The number of hydrogen-bond donors (Lipinski definition) is 0. The summed E-state index contributed by atoms with van der Waals surface area (Å²) in [4.78, 5) is 0. The third-order valence-electron chi connectivity index (χ3n) is 4.27. The van der Waals surface area contributed by atoms with Crippen LogP contribution in [-0.2, 0) is 9.71 Å². The van der Waals surface area contributed by atoms with Gasteiger partial charge in [-0.2, -0.15) is 0 Å². The highest BCUT2D eigenvalue weighted by atomic mass is 32.2. The molecule has 1 aliphatic heterocycles. The van der Waals surface area contributed by atoms with Gasteiger partial charge >= 0.3 is 0 Å². The molecule has 0 N–H and O–H groups in total. The van der Waals surface area contributed by atoms with Crippen LogP contribution in [0.2, 0.25) is 0 Å². The van der Waals surface area contributed by atoms with Crippen LogP contribution in [0.3, 0.4) is 0 Å². The van der Waals surface area contributed by atoms with Gasteiger partial charge in [0.25, 0.3) is 0 Å². The predicted molar refractivity (Wildman–Crippen MR) is 98.1 cm³/mol. The van der Waals surface area contributed by atoms with Crippen LogP contribution >= 0.6 is 0 Å². The summed E-state index contributed by atoms with van der Waals surface area (Å²) in [7, 11) is -2.10. The first-order valence-corrected chi connectivity index (χ1v) is 9.66. The van der Waals surface area contributed by atoms with Gasteiger partial charge in [-0.15, -0.1) is 0 Å². The smallest absolute Gasteiger partial charge is 0.0487 e. The Kier molecular flexibility index (Phi) is 4.00. The van der Waals surface area contributed by atoms with E-state index in [0.29, 0.717) is 11.7 Å². The van der Waals surface area contributed by atoms with Crippen LogP contribution in [0, 0.1) is 0 Å². The molecular weight excluding hydrogens is 290 g/mol. The quantitative estimate of drug-likeness (QED) is 0.773. The molecule has 1 unspecified atom stereocenters. The predicted octanol–water partition coefficient (Wildman–Crippen LogP) is 4.32. The molecule has 3 heteroatoms. The fourth-order valence-corrected chi connectivity index (χ4v) is 4.70. The summed E-state index contributed by atoms with van der Waals surface area (Å²) in [5.74, 6) is 5.12. The summed E-state index contributed by atoms with van der Waals surface area (Å²) < 4.78 is 14.4. The van der Waals surface area contributed by atoms with Crippen molar-refractivity contribution in [2.24, 2.45) is 0 Å². The van der Waals surface area contributed by atoms with E-state index in [9.17, 15) is 4.21 Å². The lowest BCUT2D eigenvalue weighted by Crippen LogP contribution is -2.24. The fraction of sp³-hybridized carbons (Fsp3) is 0.316. The van der Waals surface area contributed by atoms with Crippen LogP contribution in [0.25, 0.3) is 11.1 Å². The molecule has 0 radical (unpaired) electrons. The molecule has 116 valence electrons. The van der Waals surface area contributed by atoms with E-state index in [0.717, 1.165) is 18.7 Å². The van der Waals surface area contributed by atoms with Gasteiger partial charge in [0, 0.05) is 27.7 Å². The van der Waals surface area contributed by atoms with E-state index in [1.807, 2.05) is 4.31 Å². The monoisotopic (exact) mass is 313 g/mol. The largest absolute Gasteiger partial charge is 0.299 e. The van der Waals surface area contributed by atoms with Gasteiger partial charge in [-0.05, 0) is 47.0 Å². The Morgan fingerprint density at radius 2 is 1.82 bits per heavy atom. The van der Waals surface area contributed by atoms with E-state index in [1.165, 1.54) is 16.7 Å². The van der Waals surface area contributed by atoms with Gasteiger partial charge in [-0.25, -0.2) is 4.21 Å². The molecule has 0 saturated carbocycles. The second kappa shape index (κ2) is 5.81. The van der Waals surface area contributed by atoms with E-state index in [2.05, 4.69) is 68.2 Å². The summed E-state index contributed by atoms with van der Waals surface area (Å²) in [5.41, 5.74) is 4.79. The third-order valence-corrected chi connectivity index (χ3v) is 6.39. The Balaban J connectivity index is 1.90. The second-order valence-electron chi connectivity index (χ2n) is 6.26. The van der Waals surface area contributed by atoms with Crippen molar-refractivity contribution >= 4 is 21.3 Å². The lowest BCUT2D eigenvalue weighted by molar-refractivity contribution is 0.683. The molecule has 0 aliphatic carbocycles. The number of rotatable bonds is 3. The number of hydrogen-bond acceptors (Lipinski definition) is 1. The molecule has 0 amide bonds. The number of nitrogens with zero attached hydrogens (tertiary/aromatic N) is 1. The first-order chi connectivity index (χ1) is 10.5. The van der Waals surface area contributed by atoms with Crippen molar-refractivity contribution in [1.29, 1.82) is 0 Å². The van der Waals surface area contributed by atoms with Gasteiger partial charge in [-0.3, -0.25) is 4.31 Å². The molecule has 1 aliphatic rings.